The van der Waals surface area contributed by atoms with Crippen molar-refractivity contribution in [3.8, 4) is 0 Å². The first-order chi connectivity index (χ1) is 10.6. The number of amides is 1. The van der Waals surface area contributed by atoms with Crippen molar-refractivity contribution in [1.82, 2.24) is 15.2 Å². The topological polar surface area (TPSA) is 87.7 Å². The molecule has 0 aliphatic carbocycles. The fourth-order valence-corrected chi connectivity index (χ4v) is 2.26. The standard InChI is InChI=1S/C16H14N4O2/c1-10-5-4-8-14(17-10)18-15(21)9-13-11-6-2-3-7-12(11)16(22)20-19-13/h2-8H,9H2,1H3,(H,20,22)(H,17,18,21). The Hall–Kier alpha value is -3.02. The van der Waals surface area contributed by atoms with Crippen molar-refractivity contribution in [3.63, 3.8) is 0 Å². The fourth-order valence-electron chi connectivity index (χ4n) is 2.26. The van der Waals surface area contributed by atoms with Crippen LogP contribution in [0, 0.1) is 6.92 Å². The van der Waals surface area contributed by atoms with Gasteiger partial charge in [-0.25, -0.2) is 10.1 Å². The summed E-state index contributed by atoms with van der Waals surface area (Å²) >= 11 is 0. The number of carbonyl (C=O) groups excluding carboxylic acids is 1. The summed E-state index contributed by atoms with van der Waals surface area (Å²) in [4.78, 5) is 28.1. The van der Waals surface area contributed by atoms with E-state index in [-0.39, 0.29) is 17.9 Å². The van der Waals surface area contributed by atoms with Crippen molar-refractivity contribution in [1.29, 1.82) is 0 Å². The molecule has 2 heterocycles. The second-order valence-electron chi connectivity index (χ2n) is 4.93. The monoisotopic (exact) mass is 294 g/mol. The van der Waals surface area contributed by atoms with Crippen LogP contribution in [0.25, 0.3) is 10.8 Å². The van der Waals surface area contributed by atoms with Crippen LogP contribution in [0.2, 0.25) is 0 Å². The van der Waals surface area contributed by atoms with E-state index in [2.05, 4.69) is 20.5 Å². The molecule has 0 saturated heterocycles. The summed E-state index contributed by atoms with van der Waals surface area (Å²) in [5.41, 5.74) is 1.09. The molecule has 1 amide bonds. The molecule has 22 heavy (non-hydrogen) atoms. The Balaban J connectivity index is 1.86. The van der Waals surface area contributed by atoms with Crippen LogP contribution in [0.15, 0.2) is 47.3 Å². The molecule has 3 aromatic rings. The molecule has 6 heteroatoms. The SMILES string of the molecule is Cc1cccc(NC(=O)Cc2n[nH]c(=O)c3ccccc23)n1. The molecule has 0 radical (unpaired) electrons. The number of nitrogens with one attached hydrogen (secondary N) is 2. The molecule has 3 rings (SSSR count). The zero-order valence-electron chi connectivity index (χ0n) is 12.0. The van der Waals surface area contributed by atoms with Gasteiger partial charge in [-0.15, -0.1) is 0 Å². The zero-order chi connectivity index (χ0) is 15.5. The summed E-state index contributed by atoms with van der Waals surface area (Å²) in [6, 6.07) is 12.5. The highest BCUT2D eigenvalue weighted by molar-refractivity contribution is 5.94. The molecule has 110 valence electrons. The van der Waals surface area contributed by atoms with Gasteiger partial charge in [-0.2, -0.15) is 5.10 Å². The van der Waals surface area contributed by atoms with Crippen LogP contribution in [0.4, 0.5) is 5.82 Å². The number of nitrogens with zero attached hydrogens (tertiary/aromatic N) is 2. The Morgan fingerprint density at radius 1 is 1.14 bits per heavy atom. The van der Waals surface area contributed by atoms with E-state index in [4.69, 9.17) is 0 Å². The van der Waals surface area contributed by atoms with Gasteiger partial charge in [0.2, 0.25) is 5.91 Å². The van der Waals surface area contributed by atoms with Crippen molar-refractivity contribution in [2.45, 2.75) is 13.3 Å². The van der Waals surface area contributed by atoms with Gasteiger partial charge in [-0.05, 0) is 25.1 Å². The first-order valence-corrected chi connectivity index (χ1v) is 6.83. The number of anilines is 1. The van der Waals surface area contributed by atoms with E-state index in [1.54, 1.807) is 24.3 Å². The third-order valence-corrected chi connectivity index (χ3v) is 3.26. The number of hydrogen-bond acceptors (Lipinski definition) is 4. The van der Waals surface area contributed by atoms with Crippen LogP contribution in [0.3, 0.4) is 0 Å². The van der Waals surface area contributed by atoms with E-state index >= 15 is 0 Å². The van der Waals surface area contributed by atoms with E-state index in [9.17, 15) is 9.59 Å². The Kier molecular flexibility index (Phi) is 3.65. The maximum atomic E-state index is 12.1. The van der Waals surface area contributed by atoms with Crippen molar-refractivity contribution >= 4 is 22.5 Å². The molecule has 0 bridgehead atoms. The molecular formula is C16H14N4O2. The third kappa shape index (κ3) is 2.85. The lowest BCUT2D eigenvalue weighted by atomic mass is 10.1. The van der Waals surface area contributed by atoms with Gasteiger partial charge in [0.05, 0.1) is 17.5 Å². The number of hydrogen-bond donors (Lipinski definition) is 2. The molecule has 0 unspecified atom stereocenters. The third-order valence-electron chi connectivity index (χ3n) is 3.26. The molecule has 0 aliphatic rings. The van der Waals surface area contributed by atoms with E-state index in [0.717, 1.165) is 5.69 Å². The molecule has 1 aromatic carbocycles. The largest absolute Gasteiger partial charge is 0.310 e. The summed E-state index contributed by atoms with van der Waals surface area (Å²) < 4.78 is 0. The first kappa shape index (κ1) is 13.9. The summed E-state index contributed by atoms with van der Waals surface area (Å²) in [5.74, 6) is 0.265. The molecule has 0 atom stereocenters. The molecule has 0 aliphatic heterocycles. The molecule has 2 N–H and O–H groups in total. The number of pyridine rings is 1. The first-order valence-electron chi connectivity index (χ1n) is 6.83. The molecule has 6 nitrogen and oxygen atoms in total. The van der Waals surface area contributed by atoms with E-state index < -0.39 is 0 Å². The minimum Gasteiger partial charge on any atom is -0.310 e. The van der Waals surface area contributed by atoms with Crippen LogP contribution in [0.1, 0.15) is 11.4 Å². The second kappa shape index (κ2) is 5.77. The molecule has 0 spiro atoms. The Morgan fingerprint density at radius 3 is 2.68 bits per heavy atom. The fraction of sp³-hybridized carbons (Fsp3) is 0.125. The van der Waals surface area contributed by atoms with Gasteiger partial charge in [-0.3, -0.25) is 9.59 Å². The zero-order valence-corrected chi connectivity index (χ0v) is 12.0. The molecule has 2 aromatic heterocycles. The number of rotatable bonds is 3. The smallest absolute Gasteiger partial charge is 0.272 e. The van der Waals surface area contributed by atoms with Crippen LogP contribution < -0.4 is 10.9 Å². The van der Waals surface area contributed by atoms with Crippen molar-refractivity contribution in [2.75, 3.05) is 5.32 Å². The molecule has 0 saturated carbocycles. The Morgan fingerprint density at radius 2 is 1.91 bits per heavy atom. The van der Waals surface area contributed by atoms with Crippen LogP contribution in [-0.2, 0) is 11.2 Å². The van der Waals surface area contributed by atoms with Crippen molar-refractivity contribution in [2.24, 2.45) is 0 Å². The van der Waals surface area contributed by atoms with Gasteiger partial charge in [0.25, 0.3) is 5.56 Å². The van der Waals surface area contributed by atoms with Gasteiger partial charge in [0, 0.05) is 11.1 Å². The van der Waals surface area contributed by atoms with Crippen LogP contribution in [0.5, 0.6) is 0 Å². The molecular weight excluding hydrogens is 280 g/mol. The number of benzene rings is 1. The second-order valence-corrected chi connectivity index (χ2v) is 4.93. The van der Waals surface area contributed by atoms with Crippen molar-refractivity contribution in [3.05, 3.63) is 64.2 Å². The molecule has 0 fully saturated rings. The van der Waals surface area contributed by atoms with Crippen molar-refractivity contribution < 1.29 is 4.79 Å². The highest BCUT2D eigenvalue weighted by Crippen LogP contribution is 2.13. The Bertz CT molecular complexity index is 902. The van der Waals surface area contributed by atoms with Crippen LogP contribution >= 0.6 is 0 Å². The average Bonchev–Trinajstić information content (AvgIpc) is 2.50. The lowest BCUT2D eigenvalue weighted by Crippen LogP contribution is -2.19. The normalized spacial score (nSPS) is 10.6. The lowest BCUT2D eigenvalue weighted by Gasteiger charge is -2.06. The van der Waals surface area contributed by atoms with Gasteiger partial charge >= 0.3 is 0 Å². The van der Waals surface area contributed by atoms with E-state index in [1.165, 1.54) is 0 Å². The summed E-state index contributed by atoms with van der Waals surface area (Å²) in [7, 11) is 0. The van der Waals surface area contributed by atoms with Gasteiger partial charge in [0.15, 0.2) is 0 Å². The van der Waals surface area contributed by atoms with E-state index in [0.29, 0.717) is 22.3 Å². The maximum absolute atomic E-state index is 12.1. The summed E-state index contributed by atoms with van der Waals surface area (Å²) in [5, 5.41) is 10.3. The predicted octanol–water partition coefficient (Wildman–Crippen LogP) is 1.81. The van der Waals surface area contributed by atoms with Crippen LogP contribution in [-0.4, -0.2) is 21.1 Å². The lowest BCUT2D eigenvalue weighted by molar-refractivity contribution is -0.115. The highest BCUT2D eigenvalue weighted by Gasteiger charge is 2.11. The summed E-state index contributed by atoms with van der Waals surface area (Å²) in [6.45, 7) is 1.85. The maximum Gasteiger partial charge on any atom is 0.272 e. The number of H-pyrrole nitrogens is 1. The van der Waals surface area contributed by atoms with Gasteiger partial charge in [0.1, 0.15) is 5.82 Å². The Labute approximate surface area is 126 Å². The summed E-state index contributed by atoms with van der Waals surface area (Å²) in [6.07, 6.45) is 0.0624. The number of aromatic amines is 1. The number of carbonyl (C=O) groups is 1. The minimum absolute atomic E-state index is 0.0624. The average molecular weight is 294 g/mol. The highest BCUT2D eigenvalue weighted by atomic mass is 16.1. The van der Waals surface area contributed by atoms with E-state index in [1.807, 2.05) is 25.1 Å². The minimum atomic E-state index is -0.264. The van der Waals surface area contributed by atoms with Gasteiger partial charge < -0.3 is 5.32 Å². The number of aromatic nitrogens is 3. The number of fused-ring (bicyclic) bond motifs is 1. The quantitative estimate of drug-likeness (QED) is 0.771. The number of aryl methyl sites for hydroxylation is 1. The van der Waals surface area contributed by atoms with Gasteiger partial charge in [-0.1, -0.05) is 24.3 Å². The predicted molar refractivity (Wildman–Crippen MR) is 83.7 cm³/mol.